The summed E-state index contributed by atoms with van der Waals surface area (Å²) in [6.07, 6.45) is 2.91. The highest BCUT2D eigenvalue weighted by Gasteiger charge is 2.39. The van der Waals surface area contributed by atoms with Crippen LogP contribution in [0, 0.1) is 11.3 Å². The number of nitrogens with one attached hydrogen (secondary N) is 1. The quantitative estimate of drug-likeness (QED) is 0.640. The minimum absolute atomic E-state index is 0.0896. The first kappa shape index (κ1) is 14.0. The third-order valence-corrected chi connectivity index (χ3v) is 3.60. The summed E-state index contributed by atoms with van der Waals surface area (Å²) in [5.41, 5.74) is 5.48. The minimum Gasteiger partial charge on any atom is -0.481 e. The Hall–Kier alpha value is -1.10. The molecule has 5 heteroatoms. The fraction of sp³-hybridized carbons (Fsp3) is 0.833. The van der Waals surface area contributed by atoms with Crippen LogP contribution in [0.1, 0.15) is 39.5 Å². The highest BCUT2D eigenvalue weighted by Crippen LogP contribution is 2.43. The van der Waals surface area contributed by atoms with Gasteiger partial charge < -0.3 is 16.2 Å². The zero-order chi connectivity index (χ0) is 13.1. The molecule has 1 atom stereocenters. The van der Waals surface area contributed by atoms with Gasteiger partial charge in [0.25, 0.3) is 0 Å². The number of amides is 1. The second kappa shape index (κ2) is 5.49. The fourth-order valence-electron chi connectivity index (χ4n) is 2.11. The second-order valence-corrected chi connectivity index (χ2v) is 5.41. The number of carboxylic acid groups (broad SMARTS) is 1. The molecule has 0 aromatic rings. The molecule has 4 N–H and O–H groups in total. The molecule has 0 aliphatic heterocycles. The van der Waals surface area contributed by atoms with E-state index >= 15 is 0 Å². The number of carbonyl (C=O) groups is 2. The summed E-state index contributed by atoms with van der Waals surface area (Å²) in [4.78, 5) is 22.4. The predicted octanol–water partition coefficient (Wildman–Crippen LogP) is 0.731. The first-order valence-corrected chi connectivity index (χ1v) is 6.11. The van der Waals surface area contributed by atoms with E-state index in [1.165, 1.54) is 0 Å². The normalized spacial score (nSPS) is 19.5. The van der Waals surface area contributed by atoms with Crippen molar-refractivity contribution in [3.05, 3.63) is 0 Å². The first-order chi connectivity index (χ1) is 7.86. The van der Waals surface area contributed by atoms with E-state index in [4.69, 9.17) is 10.8 Å². The monoisotopic (exact) mass is 242 g/mol. The van der Waals surface area contributed by atoms with Gasteiger partial charge >= 0.3 is 5.97 Å². The van der Waals surface area contributed by atoms with E-state index < -0.39 is 12.0 Å². The number of aliphatic carboxylic acids is 1. The molecule has 1 saturated carbocycles. The van der Waals surface area contributed by atoms with Gasteiger partial charge in [0.05, 0.1) is 12.5 Å². The van der Waals surface area contributed by atoms with Crippen LogP contribution in [-0.2, 0) is 9.59 Å². The van der Waals surface area contributed by atoms with E-state index in [1.54, 1.807) is 0 Å². The van der Waals surface area contributed by atoms with Gasteiger partial charge in [-0.25, -0.2) is 0 Å². The smallest absolute Gasteiger partial charge is 0.303 e. The lowest BCUT2D eigenvalue weighted by molar-refractivity contribution is -0.142. The van der Waals surface area contributed by atoms with Crippen molar-refractivity contribution >= 4 is 11.9 Å². The molecule has 98 valence electrons. The molecule has 1 amide bonds. The number of rotatable bonds is 6. The number of hydrogen-bond donors (Lipinski definition) is 3. The fourth-order valence-corrected chi connectivity index (χ4v) is 2.11. The van der Waals surface area contributed by atoms with Crippen LogP contribution in [0.5, 0.6) is 0 Å². The molecule has 1 aliphatic rings. The van der Waals surface area contributed by atoms with E-state index in [9.17, 15) is 9.59 Å². The summed E-state index contributed by atoms with van der Waals surface area (Å²) < 4.78 is 0. The van der Waals surface area contributed by atoms with Gasteiger partial charge in [-0.3, -0.25) is 9.59 Å². The molecule has 0 radical (unpaired) electrons. The highest BCUT2D eigenvalue weighted by molar-refractivity contribution is 5.81. The second-order valence-electron chi connectivity index (χ2n) is 5.41. The van der Waals surface area contributed by atoms with Gasteiger partial charge in [-0.1, -0.05) is 20.3 Å². The summed E-state index contributed by atoms with van der Waals surface area (Å²) in [5.74, 6) is -0.893. The molecule has 1 rings (SSSR count). The van der Waals surface area contributed by atoms with Crippen molar-refractivity contribution in [1.82, 2.24) is 5.32 Å². The maximum atomic E-state index is 11.7. The average molecular weight is 242 g/mol. The molecule has 0 spiro atoms. The predicted molar refractivity (Wildman–Crippen MR) is 64.4 cm³/mol. The third-order valence-electron chi connectivity index (χ3n) is 3.60. The van der Waals surface area contributed by atoms with Crippen LogP contribution < -0.4 is 11.1 Å². The van der Waals surface area contributed by atoms with Gasteiger partial charge in [0.15, 0.2) is 0 Å². The molecule has 0 heterocycles. The Labute approximate surface area is 102 Å². The lowest BCUT2D eigenvalue weighted by atomic mass is 9.66. The van der Waals surface area contributed by atoms with Crippen LogP contribution in [0.2, 0.25) is 0 Å². The number of carbonyl (C=O) groups excluding carboxylic acids is 1. The molecule has 0 bridgehead atoms. The van der Waals surface area contributed by atoms with Crippen molar-refractivity contribution in [2.24, 2.45) is 17.1 Å². The van der Waals surface area contributed by atoms with Gasteiger partial charge in [-0.05, 0) is 24.2 Å². The summed E-state index contributed by atoms with van der Waals surface area (Å²) >= 11 is 0. The molecule has 0 aromatic carbocycles. The Kier molecular flexibility index (Phi) is 4.51. The standard InChI is InChI=1S/C12H22N2O3/c1-8(2)10(13)11(17)14-7-12(4-3-5-12)6-9(15)16/h8,10H,3-7,13H2,1-2H3,(H,14,17)(H,15,16)/t10-/m0/s1. The molecular weight excluding hydrogens is 220 g/mol. The van der Waals surface area contributed by atoms with Gasteiger partial charge in [-0.2, -0.15) is 0 Å². The summed E-state index contributed by atoms with van der Waals surface area (Å²) in [6.45, 7) is 4.21. The largest absolute Gasteiger partial charge is 0.481 e. The molecule has 0 aromatic heterocycles. The molecule has 17 heavy (non-hydrogen) atoms. The van der Waals surface area contributed by atoms with Crippen molar-refractivity contribution in [2.45, 2.75) is 45.6 Å². The van der Waals surface area contributed by atoms with Crippen molar-refractivity contribution in [1.29, 1.82) is 0 Å². The Morgan fingerprint density at radius 1 is 1.41 bits per heavy atom. The lowest BCUT2D eigenvalue weighted by Gasteiger charge is -2.41. The summed E-state index contributed by atoms with van der Waals surface area (Å²) in [6, 6.07) is -0.517. The maximum Gasteiger partial charge on any atom is 0.303 e. The Bertz CT molecular complexity index is 298. The topological polar surface area (TPSA) is 92.4 Å². The Morgan fingerprint density at radius 3 is 2.35 bits per heavy atom. The van der Waals surface area contributed by atoms with E-state index in [-0.39, 0.29) is 23.7 Å². The van der Waals surface area contributed by atoms with Crippen molar-refractivity contribution in [3.63, 3.8) is 0 Å². The van der Waals surface area contributed by atoms with E-state index in [0.29, 0.717) is 6.54 Å². The number of hydrogen-bond acceptors (Lipinski definition) is 3. The molecule has 0 unspecified atom stereocenters. The molecule has 1 aliphatic carbocycles. The van der Waals surface area contributed by atoms with Crippen LogP contribution in [0.25, 0.3) is 0 Å². The zero-order valence-electron chi connectivity index (χ0n) is 10.5. The molecule has 1 fully saturated rings. The van der Waals surface area contributed by atoms with Crippen LogP contribution in [0.15, 0.2) is 0 Å². The first-order valence-electron chi connectivity index (χ1n) is 6.11. The van der Waals surface area contributed by atoms with Crippen molar-refractivity contribution in [3.8, 4) is 0 Å². The Morgan fingerprint density at radius 2 is 2.00 bits per heavy atom. The van der Waals surface area contributed by atoms with Crippen LogP contribution in [-0.4, -0.2) is 29.6 Å². The Balaban J connectivity index is 2.43. The van der Waals surface area contributed by atoms with Gasteiger partial charge in [0.1, 0.15) is 0 Å². The summed E-state index contributed by atoms with van der Waals surface area (Å²) in [5, 5.41) is 11.6. The van der Waals surface area contributed by atoms with Crippen LogP contribution >= 0.6 is 0 Å². The third kappa shape index (κ3) is 3.70. The van der Waals surface area contributed by atoms with Crippen molar-refractivity contribution < 1.29 is 14.7 Å². The van der Waals surface area contributed by atoms with E-state index in [2.05, 4.69) is 5.32 Å². The van der Waals surface area contributed by atoms with Gasteiger partial charge in [-0.15, -0.1) is 0 Å². The average Bonchev–Trinajstić information content (AvgIpc) is 2.19. The van der Waals surface area contributed by atoms with Crippen LogP contribution in [0.4, 0.5) is 0 Å². The number of carboxylic acids is 1. The molecular formula is C12H22N2O3. The minimum atomic E-state index is -0.799. The van der Waals surface area contributed by atoms with Gasteiger partial charge in [0, 0.05) is 6.54 Å². The zero-order valence-corrected chi connectivity index (χ0v) is 10.5. The van der Waals surface area contributed by atoms with Crippen molar-refractivity contribution in [2.75, 3.05) is 6.54 Å². The SMILES string of the molecule is CC(C)[C@H](N)C(=O)NCC1(CC(=O)O)CCC1. The lowest BCUT2D eigenvalue weighted by Crippen LogP contribution is -2.49. The van der Waals surface area contributed by atoms with Gasteiger partial charge in [0.2, 0.25) is 5.91 Å². The van der Waals surface area contributed by atoms with E-state index in [1.807, 2.05) is 13.8 Å². The molecule has 0 saturated heterocycles. The molecule has 5 nitrogen and oxygen atoms in total. The summed E-state index contributed by atoms with van der Waals surface area (Å²) in [7, 11) is 0. The number of nitrogens with two attached hydrogens (primary N) is 1. The van der Waals surface area contributed by atoms with Crippen LogP contribution in [0.3, 0.4) is 0 Å². The van der Waals surface area contributed by atoms with E-state index in [0.717, 1.165) is 19.3 Å². The maximum absolute atomic E-state index is 11.7. The highest BCUT2D eigenvalue weighted by atomic mass is 16.4.